The largest absolute Gasteiger partial charge is 0.444 e. The van der Waals surface area contributed by atoms with Crippen molar-refractivity contribution in [3.63, 3.8) is 0 Å². The third-order valence-corrected chi connectivity index (χ3v) is 8.04. The maximum absolute atomic E-state index is 12.3. The highest BCUT2D eigenvalue weighted by molar-refractivity contribution is 5.67. The van der Waals surface area contributed by atoms with Gasteiger partial charge in [-0.05, 0) is 26.7 Å². The van der Waals surface area contributed by atoms with Crippen molar-refractivity contribution in [1.82, 2.24) is 10.2 Å². The second kappa shape index (κ2) is 17.1. The van der Waals surface area contributed by atoms with Crippen LogP contribution in [0.5, 0.6) is 0 Å². The summed E-state index contributed by atoms with van der Waals surface area (Å²) in [6.07, 6.45) is -10.6. The molecule has 2 heterocycles. The second-order valence-corrected chi connectivity index (χ2v) is 13.2. The number of aliphatic hydroxyl groups is 5. The van der Waals surface area contributed by atoms with Crippen LogP contribution < -0.4 is 5.32 Å². The normalized spacial score (nSPS) is 27.9. The third kappa shape index (κ3) is 10.9. The highest BCUT2D eigenvalue weighted by Crippen LogP contribution is 2.31. The monoisotopic (exact) mass is 662 g/mol. The minimum Gasteiger partial charge on any atom is -0.444 e. The van der Waals surface area contributed by atoms with Crippen LogP contribution in [0, 0.1) is 5.92 Å². The minimum atomic E-state index is -1.49. The first-order valence-electron chi connectivity index (χ1n) is 16.1. The van der Waals surface area contributed by atoms with Crippen LogP contribution in [0.2, 0.25) is 0 Å². The first kappa shape index (κ1) is 37.1. The molecule has 4 rings (SSSR count). The highest BCUT2D eigenvalue weighted by Gasteiger charge is 2.41. The van der Waals surface area contributed by atoms with E-state index in [9.17, 15) is 30.3 Å². The number of amides is 1. The Morgan fingerprint density at radius 1 is 0.851 bits per heavy atom. The lowest BCUT2D eigenvalue weighted by Crippen LogP contribution is -2.55. The number of nitrogens with zero attached hydrogens (tertiary/aromatic N) is 1. The third-order valence-electron chi connectivity index (χ3n) is 8.04. The summed E-state index contributed by atoms with van der Waals surface area (Å²) >= 11 is 0. The van der Waals surface area contributed by atoms with Gasteiger partial charge in [-0.2, -0.15) is 0 Å². The molecular formula is C34H50N2O11. The summed E-state index contributed by atoms with van der Waals surface area (Å²) < 4.78 is 28.5. The number of hydrogen-bond acceptors (Lipinski definition) is 12. The average Bonchev–Trinajstić information content (AvgIpc) is 3.04. The average molecular weight is 663 g/mol. The second-order valence-electron chi connectivity index (χ2n) is 13.2. The molecule has 2 fully saturated rings. The van der Waals surface area contributed by atoms with E-state index in [1.165, 1.54) is 0 Å². The molecule has 2 aliphatic rings. The van der Waals surface area contributed by atoms with Gasteiger partial charge in [0, 0.05) is 37.3 Å². The number of nitrogens with one attached hydrogen (secondary N) is 1. The SMILES string of the molecule is C[C@@H](CN(CCNC(=O)OC(C)(C)C)C[C@H](O)[C@@H](O)[C@@H]1OC(c2ccccc2)OC[C@H]1O)[C@@H](O)[C@@H]1OC(c2ccccc2)OC[C@H]1O. The van der Waals surface area contributed by atoms with Crippen LogP contribution in [-0.2, 0) is 23.7 Å². The molecule has 0 spiro atoms. The molecule has 47 heavy (non-hydrogen) atoms. The molecule has 2 aromatic carbocycles. The molecule has 2 saturated heterocycles. The number of ether oxygens (including phenoxy) is 5. The summed E-state index contributed by atoms with van der Waals surface area (Å²) in [4.78, 5) is 14.1. The van der Waals surface area contributed by atoms with Gasteiger partial charge in [0.2, 0.25) is 0 Å². The summed E-state index contributed by atoms with van der Waals surface area (Å²) in [5, 5.41) is 57.7. The first-order valence-corrected chi connectivity index (χ1v) is 16.1. The predicted molar refractivity (Wildman–Crippen MR) is 170 cm³/mol. The summed E-state index contributed by atoms with van der Waals surface area (Å²) in [7, 11) is 0. The fourth-order valence-corrected chi connectivity index (χ4v) is 5.61. The van der Waals surface area contributed by atoms with Crippen LogP contribution in [0.3, 0.4) is 0 Å². The van der Waals surface area contributed by atoms with E-state index >= 15 is 0 Å². The molecule has 2 aliphatic heterocycles. The van der Waals surface area contributed by atoms with Gasteiger partial charge in [0.15, 0.2) is 12.6 Å². The topological polar surface area (TPSA) is 180 Å². The first-order chi connectivity index (χ1) is 22.3. The number of rotatable bonds is 13. The molecule has 1 amide bonds. The predicted octanol–water partition coefficient (Wildman–Crippen LogP) is 1.48. The zero-order valence-electron chi connectivity index (χ0n) is 27.4. The van der Waals surface area contributed by atoms with Gasteiger partial charge in [-0.15, -0.1) is 0 Å². The summed E-state index contributed by atoms with van der Waals surface area (Å²) in [5.74, 6) is -0.498. The van der Waals surface area contributed by atoms with Crippen LogP contribution in [0.15, 0.2) is 60.7 Å². The summed E-state index contributed by atoms with van der Waals surface area (Å²) in [5.41, 5.74) is 0.770. The van der Waals surface area contributed by atoms with Gasteiger partial charge < -0.3 is 54.5 Å². The lowest BCUT2D eigenvalue weighted by molar-refractivity contribution is -0.283. The number of benzene rings is 2. The standard InChI is InChI=1S/C34H50N2O11/c1-21(27(40)29-25(38)19-43-31(45-29)22-11-7-5-8-12-22)17-36(16-15-35-33(42)47-34(2,3)4)18-24(37)28(41)30-26(39)20-44-32(46-30)23-13-9-6-10-14-23/h5-14,21,24-32,37-41H,15-20H2,1-4H3,(H,35,42)/t21-,24-,25+,26+,27+,28+,29+,30+,31?,32?/m0/s1. The molecule has 0 aromatic heterocycles. The van der Waals surface area contributed by atoms with E-state index in [1.807, 2.05) is 48.5 Å². The number of alkyl carbamates (subject to hydrolysis) is 1. The van der Waals surface area contributed by atoms with E-state index in [-0.39, 0.29) is 39.4 Å². The van der Waals surface area contributed by atoms with Crippen molar-refractivity contribution in [3.05, 3.63) is 71.8 Å². The quantitative estimate of drug-likeness (QED) is 0.182. The maximum Gasteiger partial charge on any atom is 0.407 e. The minimum absolute atomic E-state index is 0.0279. The zero-order valence-corrected chi connectivity index (χ0v) is 27.4. The Hall–Kier alpha value is -2.69. The van der Waals surface area contributed by atoms with Crippen LogP contribution in [0.4, 0.5) is 4.79 Å². The smallest absolute Gasteiger partial charge is 0.407 e. The molecule has 2 aromatic rings. The van der Waals surface area contributed by atoms with Crippen molar-refractivity contribution in [3.8, 4) is 0 Å². The van der Waals surface area contributed by atoms with Crippen LogP contribution >= 0.6 is 0 Å². The Labute approximate surface area is 276 Å². The lowest BCUT2D eigenvalue weighted by atomic mass is 9.94. The Morgan fingerprint density at radius 2 is 1.34 bits per heavy atom. The molecule has 262 valence electrons. The molecule has 6 N–H and O–H groups in total. The Balaban J connectivity index is 1.42. The molecule has 0 aliphatic carbocycles. The molecule has 13 nitrogen and oxygen atoms in total. The van der Waals surface area contributed by atoms with E-state index in [2.05, 4.69) is 5.32 Å². The number of aliphatic hydroxyl groups excluding tert-OH is 5. The Kier molecular flexibility index (Phi) is 13.5. The van der Waals surface area contributed by atoms with Gasteiger partial charge in [-0.3, -0.25) is 4.90 Å². The van der Waals surface area contributed by atoms with E-state index in [1.54, 1.807) is 44.7 Å². The van der Waals surface area contributed by atoms with E-state index < -0.39 is 72.9 Å². The highest BCUT2D eigenvalue weighted by atomic mass is 16.7. The number of hydrogen-bond donors (Lipinski definition) is 6. The van der Waals surface area contributed by atoms with Crippen LogP contribution in [0.1, 0.15) is 51.4 Å². The zero-order chi connectivity index (χ0) is 34.1. The van der Waals surface area contributed by atoms with Crippen molar-refractivity contribution in [1.29, 1.82) is 0 Å². The van der Waals surface area contributed by atoms with Gasteiger partial charge in [0.25, 0.3) is 0 Å². The van der Waals surface area contributed by atoms with Crippen molar-refractivity contribution in [2.24, 2.45) is 5.92 Å². The fourth-order valence-electron chi connectivity index (χ4n) is 5.61. The maximum atomic E-state index is 12.3. The number of carbonyl (C=O) groups excluding carboxylic acids is 1. The molecule has 2 unspecified atom stereocenters. The van der Waals surface area contributed by atoms with Gasteiger partial charge in [0.05, 0.1) is 25.4 Å². The van der Waals surface area contributed by atoms with Gasteiger partial charge in [-0.25, -0.2) is 4.79 Å². The van der Waals surface area contributed by atoms with E-state index in [4.69, 9.17) is 23.7 Å². The fraction of sp³-hybridized carbons (Fsp3) is 0.618. The Bertz CT molecular complexity index is 1140. The summed E-state index contributed by atoms with van der Waals surface area (Å²) in [6, 6.07) is 18.3. The van der Waals surface area contributed by atoms with Crippen molar-refractivity contribution in [2.45, 2.75) is 88.6 Å². The molecule has 10 atom stereocenters. The summed E-state index contributed by atoms with van der Waals surface area (Å²) in [6.45, 7) is 7.36. The molecule has 0 saturated carbocycles. The lowest BCUT2D eigenvalue weighted by Gasteiger charge is -2.40. The van der Waals surface area contributed by atoms with Crippen LogP contribution in [0.25, 0.3) is 0 Å². The van der Waals surface area contributed by atoms with E-state index in [0.29, 0.717) is 5.56 Å². The molecular weight excluding hydrogens is 612 g/mol. The van der Waals surface area contributed by atoms with Gasteiger partial charge in [-0.1, -0.05) is 67.6 Å². The number of carbonyl (C=O) groups is 1. The molecule has 0 bridgehead atoms. The van der Waals surface area contributed by atoms with Crippen molar-refractivity contribution < 1.29 is 54.0 Å². The Morgan fingerprint density at radius 3 is 1.83 bits per heavy atom. The van der Waals surface area contributed by atoms with Gasteiger partial charge >= 0.3 is 6.09 Å². The van der Waals surface area contributed by atoms with Crippen molar-refractivity contribution in [2.75, 3.05) is 39.4 Å². The van der Waals surface area contributed by atoms with E-state index in [0.717, 1.165) is 5.56 Å². The van der Waals surface area contributed by atoms with Crippen molar-refractivity contribution >= 4 is 6.09 Å². The van der Waals surface area contributed by atoms with Crippen LogP contribution in [-0.4, -0.2) is 124 Å². The van der Waals surface area contributed by atoms with Gasteiger partial charge in [0.1, 0.15) is 36.1 Å². The molecule has 0 radical (unpaired) electrons. The molecule has 13 heteroatoms.